The first-order valence-electron chi connectivity index (χ1n) is 6.72. The quantitative estimate of drug-likeness (QED) is 0.865. The zero-order chi connectivity index (χ0) is 12.3. The lowest BCUT2D eigenvalue weighted by Crippen LogP contribution is -2.36. The fraction of sp³-hybridized carbons (Fsp3) is 0.846. The molecule has 1 aromatic heterocycles. The molecule has 0 spiro atoms. The lowest BCUT2D eigenvalue weighted by atomic mass is 9.89. The van der Waals surface area contributed by atoms with Gasteiger partial charge in [0.2, 0.25) is 0 Å². The molecule has 0 bridgehead atoms. The van der Waals surface area contributed by atoms with Gasteiger partial charge in [-0.2, -0.15) is 5.10 Å². The number of piperidine rings is 1. The third-order valence-electron chi connectivity index (χ3n) is 3.37. The van der Waals surface area contributed by atoms with E-state index in [9.17, 15) is 0 Å². The molecule has 0 saturated carbocycles. The third kappa shape index (κ3) is 3.53. The summed E-state index contributed by atoms with van der Waals surface area (Å²) in [5, 5.41) is 7.83. The van der Waals surface area contributed by atoms with Gasteiger partial charge in [0.15, 0.2) is 0 Å². The maximum absolute atomic E-state index is 4.41. The van der Waals surface area contributed by atoms with Crippen molar-refractivity contribution in [3.8, 4) is 0 Å². The van der Waals surface area contributed by atoms with E-state index in [1.165, 1.54) is 6.42 Å². The molecule has 1 aliphatic heterocycles. The van der Waals surface area contributed by atoms with Crippen molar-refractivity contribution in [1.82, 2.24) is 20.1 Å². The lowest BCUT2D eigenvalue weighted by molar-refractivity contribution is 0.293. The normalized spacial score (nSPS) is 25.4. The minimum absolute atomic E-state index is 0.624. The number of hydrogen-bond acceptors (Lipinski definition) is 3. The summed E-state index contributed by atoms with van der Waals surface area (Å²) in [5.41, 5.74) is 0. The van der Waals surface area contributed by atoms with E-state index in [0.717, 1.165) is 37.8 Å². The second kappa shape index (κ2) is 5.63. The molecule has 4 nitrogen and oxygen atoms in total. The number of rotatable bonds is 4. The summed E-state index contributed by atoms with van der Waals surface area (Å²) >= 11 is 0. The van der Waals surface area contributed by atoms with Gasteiger partial charge in [-0.15, -0.1) is 0 Å². The van der Waals surface area contributed by atoms with Crippen LogP contribution in [0.2, 0.25) is 0 Å². The van der Waals surface area contributed by atoms with Crippen molar-refractivity contribution in [3.63, 3.8) is 0 Å². The van der Waals surface area contributed by atoms with Crippen molar-refractivity contribution in [2.45, 2.75) is 40.2 Å². The summed E-state index contributed by atoms with van der Waals surface area (Å²) in [6, 6.07) is 0. The molecule has 2 rings (SSSR count). The van der Waals surface area contributed by atoms with E-state index in [1.54, 1.807) is 6.33 Å². The fourth-order valence-corrected chi connectivity index (χ4v) is 2.63. The Balaban J connectivity index is 1.95. The van der Waals surface area contributed by atoms with E-state index in [4.69, 9.17) is 0 Å². The number of nitrogens with zero attached hydrogens (tertiary/aromatic N) is 3. The Labute approximate surface area is 104 Å². The highest BCUT2D eigenvalue weighted by Crippen LogP contribution is 2.19. The molecule has 17 heavy (non-hydrogen) atoms. The summed E-state index contributed by atoms with van der Waals surface area (Å²) in [4.78, 5) is 4.41. The molecule has 0 amide bonds. The number of aromatic nitrogens is 3. The predicted molar refractivity (Wildman–Crippen MR) is 68.7 cm³/mol. The predicted octanol–water partition coefficient (Wildman–Crippen LogP) is 1.72. The first-order valence-corrected chi connectivity index (χ1v) is 6.72. The van der Waals surface area contributed by atoms with Crippen LogP contribution >= 0.6 is 0 Å². The van der Waals surface area contributed by atoms with Gasteiger partial charge in [0, 0.05) is 13.0 Å². The average molecular weight is 236 g/mol. The summed E-state index contributed by atoms with van der Waals surface area (Å²) in [7, 11) is 0. The van der Waals surface area contributed by atoms with Crippen LogP contribution in [-0.4, -0.2) is 27.9 Å². The maximum Gasteiger partial charge on any atom is 0.138 e. The maximum atomic E-state index is 4.41. The van der Waals surface area contributed by atoms with Crippen molar-refractivity contribution in [1.29, 1.82) is 0 Å². The van der Waals surface area contributed by atoms with Crippen LogP contribution in [0.15, 0.2) is 6.33 Å². The van der Waals surface area contributed by atoms with E-state index >= 15 is 0 Å². The van der Waals surface area contributed by atoms with Crippen LogP contribution in [0.1, 0.15) is 33.0 Å². The van der Waals surface area contributed by atoms with Crippen LogP contribution in [-0.2, 0) is 13.0 Å². The van der Waals surface area contributed by atoms with Crippen LogP contribution in [0, 0.1) is 17.8 Å². The second-order valence-electron chi connectivity index (χ2n) is 5.82. The molecule has 1 N–H and O–H groups in total. The van der Waals surface area contributed by atoms with Gasteiger partial charge in [0.25, 0.3) is 0 Å². The van der Waals surface area contributed by atoms with Crippen molar-refractivity contribution in [2.24, 2.45) is 17.8 Å². The Bertz CT molecular complexity index is 345. The van der Waals surface area contributed by atoms with E-state index in [-0.39, 0.29) is 0 Å². The lowest BCUT2D eigenvalue weighted by Gasteiger charge is -2.27. The SMILES string of the molecule is CC(C)Cn1ncnc1CC1CNCC(C)C1. The Morgan fingerprint density at radius 1 is 1.47 bits per heavy atom. The summed E-state index contributed by atoms with van der Waals surface area (Å²) in [6.45, 7) is 10.0. The second-order valence-corrected chi connectivity index (χ2v) is 5.82. The van der Waals surface area contributed by atoms with Gasteiger partial charge >= 0.3 is 0 Å². The van der Waals surface area contributed by atoms with Gasteiger partial charge in [-0.1, -0.05) is 20.8 Å². The standard InChI is InChI=1S/C13H24N4/c1-10(2)8-17-13(15-9-16-17)5-12-4-11(3)6-14-7-12/h9-12,14H,4-8H2,1-3H3. The van der Waals surface area contributed by atoms with Crippen LogP contribution < -0.4 is 5.32 Å². The van der Waals surface area contributed by atoms with Gasteiger partial charge in [-0.05, 0) is 37.3 Å². The fourth-order valence-electron chi connectivity index (χ4n) is 2.63. The molecule has 2 atom stereocenters. The Morgan fingerprint density at radius 2 is 2.29 bits per heavy atom. The van der Waals surface area contributed by atoms with Gasteiger partial charge in [0.05, 0.1) is 0 Å². The highest BCUT2D eigenvalue weighted by molar-refractivity contribution is 4.90. The van der Waals surface area contributed by atoms with Crippen molar-refractivity contribution < 1.29 is 0 Å². The third-order valence-corrected chi connectivity index (χ3v) is 3.37. The van der Waals surface area contributed by atoms with E-state index in [2.05, 4.69) is 40.9 Å². The van der Waals surface area contributed by atoms with Crippen LogP contribution in [0.5, 0.6) is 0 Å². The van der Waals surface area contributed by atoms with Crippen molar-refractivity contribution >= 4 is 0 Å². The molecular weight excluding hydrogens is 212 g/mol. The molecule has 4 heteroatoms. The van der Waals surface area contributed by atoms with Gasteiger partial charge < -0.3 is 5.32 Å². The molecule has 1 aromatic rings. The molecule has 2 unspecified atom stereocenters. The molecule has 0 radical (unpaired) electrons. The van der Waals surface area contributed by atoms with Gasteiger partial charge in [-0.25, -0.2) is 9.67 Å². The molecule has 2 heterocycles. The van der Waals surface area contributed by atoms with E-state index < -0.39 is 0 Å². The van der Waals surface area contributed by atoms with Crippen molar-refractivity contribution in [2.75, 3.05) is 13.1 Å². The first kappa shape index (κ1) is 12.6. The number of nitrogens with one attached hydrogen (secondary N) is 1. The minimum Gasteiger partial charge on any atom is -0.316 e. The van der Waals surface area contributed by atoms with E-state index in [0.29, 0.717) is 11.8 Å². The van der Waals surface area contributed by atoms with Crippen LogP contribution in [0.4, 0.5) is 0 Å². The van der Waals surface area contributed by atoms with Crippen LogP contribution in [0.3, 0.4) is 0 Å². The molecule has 1 fully saturated rings. The number of hydrogen-bond donors (Lipinski definition) is 1. The largest absolute Gasteiger partial charge is 0.316 e. The molecule has 1 aliphatic rings. The summed E-state index contributed by atoms with van der Waals surface area (Å²) in [5.74, 6) is 3.28. The van der Waals surface area contributed by atoms with E-state index in [1.807, 2.05) is 0 Å². The van der Waals surface area contributed by atoms with Crippen LogP contribution in [0.25, 0.3) is 0 Å². The van der Waals surface area contributed by atoms with Gasteiger partial charge in [-0.3, -0.25) is 0 Å². The van der Waals surface area contributed by atoms with Crippen molar-refractivity contribution in [3.05, 3.63) is 12.2 Å². The summed E-state index contributed by atoms with van der Waals surface area (Å²) < 4.78 is 2.07. The molecule has 0 aromatic carbocycles. The zero-order valence-corrected chi connectivity index (χ0v) is 11.2. The molecule has 1 saturated heterocycles. The smallest absolute Gasteiger partial charge is 0.138 e. The molecular formula is C13H24N4. The minimum atomic E-state index is 0.624. The highest BCUT2D eigenvalue weighted by Gasteiger charge is 2.20. The summed E-state index contributed by atoms with van der Waals surface area (Å²) in [6.07, 6.45) is 4.06. The molecule has 0 aliphatic carbocycles. The Morgan fingerprint density at radius 3 is 3.00 bits per heavy atom. The monoisotopic (exact) mass is 236 g/mol. The topological polar surface area (TPSA) is 42.7 Å². The highest BCUT2D eigenvalue weighted by atomic mass is 15.3. The first-order chi connectivity index (χ1) is 8.15. The Hall–Kier alpha value is -0.900. The zero-order valence-electron chi connectivity index (χ0n) is 11.2. The Kier molecular flexibility index (Phi) is 4.15. The molecule has 96 valence electrons. The van der Waals surface area contributed by atoms with Gasteiger partial charge in [0.1, 0.15) is 12.2 Å². The average Bonchev–Trinajstić information content (AvgIpc) is 2.65.